The van der Waals surface area contributed by atoms with Crippen LogP contribution in [-0.2, 0) is 0 Å². The summed E-state index contributed by atoms with van der Waals surface area (Å²) in [6, 6.07) is 10.9. The van der Waals surface area contributed by atoms with Gasteiger partial charge in [-0.25, -0.2) is 14.2 Å². The Kier molecular flexibility index (Phi) is 4.92. The van der Waals surface area contributed by atoms with Crippen LogP contribution in [0.15, 0.2) is 41.2 Å². The van der Waals surface area contributed by atoms with Gasteiger partial charge in [0.2, 0.25) is 0 Å². The van der Waals surface area contributed by atoms with E-state index in [4.69, 9.17) is 11.6 Å². The van der Waals surface area contributed by atoms with Crippen molar-refractivity contribution in [2.45, 2.75) is 27.7 Å². The lowest BCUT2D eigenvalue weighted by atomic mass is 10.1. The molecule has 33 heavy (non-hydrogen) atoms. The summed E-state index contributed by atoms with van der Waals surface area (Å²) in [6.45, 7) is 7.95. The summed E-state index contributed by atoms with van der Waals surface area (Å²) in [7, 11) is 0. The van der Waals surface area contributed by atoms with E-state index in [9.17, 15) is 14.7 Å². The molecule has 0 fully saturated rings. The summed E-state index contributed by atoms with van der Waals surface area (Å²) in [5.74, 6) is -1.08. The summed E-state index contributed by atoms with van der Waals surface area (Å²) in [4.78, 5) is 30.1. The number of hydrogen-bond donors (Lipinski definition) is 1. The molecule has 0 radical (unpaired) electrons. The van der Waals surface area contributed by atoms with Gasteiger partial charge in [-0.3, -0.25) is 4.79 Å². The summed E-state index contributed by atoms with van der Waals surface area (Å²) in [6.07, 6.45) is 1.88. The van der Waals surface area contributed by atoms with E-state index in [2.05, 4.69) is 4.98 Å². The average molecular weight is 478 g/mol. The maximum atomic E-state index is 13.2. The molecule has 0 unspecified atom stereocenters. The number of aromatic nitrogens is 3. The highest BCUT2D eigenvalue weighted by Crippen LogP contribution is 2.26. The minimum Gasteiger partial charge on any atom is -0.478 e. The molecule has 0 aliphatic rings. The number of carboxylic acid groups (broad SMARTS) is 1. The van der Waals surface area contributed by atoms with E-state index in [1.165, 1.54) is 11.3 Å². The van der Waals surface area contributed by atoms with E-state index >= 15 is 0 Å². The van der Waals surface area contributed by atoms with E-state index in [1.54, 1.807) is 22.6 Å². The van der Waals surface area contributed by atoms with Gasteiger partial charge in [-0.15, -0.1) is 0 Å². The molecular formula is C25H20ClN3O3S. The van der Waals surface area contributed by atoms with Gasteiger partial charge < -0.3 is 9.67 Å². The zero-order chi connectivity index (χ0) is 23.6. The largest absolute Gasteiger partial charge is 0.478 e. The Hall–Kier alpha value is -3.42. The fourth-order valence-corrected chi connectivity index (χ4v) is 5.38. The third-order valence-electron chi connectivity index (χ3n) is 6.05. The fourth-order valence-electron chi connectivity index (χ4n) is 4.21. The van der Waals surface area contributed by atoms with Crippen LogP contribution in [0.4, 0.5) is 0 Å². The maximum absolute atomic E-state index is 13.2. The second-order valence-electron chi connectivity index (χ2n) is 8.20. The Morgan fingerprint density at radius 2 is 1.82 bits per heavy atom. The standard InChI is InChI=1S/C25H20ClN3O3S/c1-12-7-20-21(8-13(12)2)29-23(30)22(33-25(29)27-20)10-16-9-14(3)28(15(16)4)17-5-6-19(26)18(11-17)24(31)32/h5-11H,1-4H3,(H,31,32)/b22-10-. The summed E-state index contributed by atoms with van der Waals surface area (Å²) >= 11 is 7.40. The van der Waals surface area contributed by atoms with Crippen LogP contribution in [0.2, 0.25) is 5.02 Å². The number of imidazole rings is 1. The molecule has 0 bridgehead atoms. The van der Waals surface area contributed by atoms with Crippen LogP contribution in [0.5, 0.6) is 0 Å². The molecule has 0 amide bonds. The van der Waals surface area contributed by atoms with Gasteiger partial charge in [-0.2, -0.15) is 0 Å². The monoisotopic (exact) mass is 477 g/mol. The van der Waals surface area contributed by atoms with Crippen LogP contribution in [0, 0.1) is 27.7 Å². The minimum atomic E-state index is -1.08. The number of carboxylic acids is 1. The highest BCUT2D eigenvalue weighted by Gasteiger charge is 2.16. The molecule has 0 aliphatic heterocycles. The van der Waals surface area contributed by atoms with Crippen LogP contribution in [0.25, 0.3) is 27.8 Å². The van der Waals surface area contributed by atoms with E-state index in [-0.39, 0.29) is 16.1 Å². The van der Waals surface area contributed by atoms with Gasteiger partial charge in [0.15, 0.2) is 4.96 Å². The van der Waals surface area contributed by atoms with Crippen molar-refractivity contribution in [2.75, 3.05) is 0 Å². The van der Waals surface area contributed by atoms with E-state index in [0.717, 1.165) is 39.1 Å². The summed E-state index contributed by atoms with van der Waals surface area (Å²) < 4.78 is 4.23. The topological polar surface area (TPSA) is 76.6 Å². The number of aromatic carboxylic acids is 1. The first-order chi connectivity index (χ1) is 15.7. The van der Waals surface area contributed by atoms with Crippen LogP contribution in [-0.4, -0.2) is 25.0 Å². The molecule has 0 saturated carbocycles. The molecule has 0 aliphatic carbocycles. The number of halogens is 1. The molecule has 3 heterocycles. The summed E-state index contributed by atoms with van der Waals surface area (Å²) in [5.41, 5.74) is 7.27. The van der Waals surface area contributed by atoms with Crippen molar-refractivity contribution in [3.05, 3.63) is 89.9 Å². The predicted molar refractivity (Wildman–Crippen MR) is 132 cm³/mol. The normalized spacial score (nSPS) is 12.3. The van der Waals surface area contributed by atoms with Crippen molar-refractivity contribution in [1.29, 1.82) is 0 Å². The molecule has 0 atom stereocenters. The molecule has 5 aromatic rings. The van der Waals surface area contributed by atoms with Gasteiger partial charge in [0.25, 0.3) is 5.56 Å². The van der Waals surface area contributed by atoms with Gasteiger partial charge >= 0.3 is 5.97 Å². The second-order valence-corrected chi connectivity index (χ2v) is 9.62. The first-order valence-corrected chi connectivity index (χ1v) is 11.5. The lowest BCUT2D eigenvalue weighted by molar-refractivity contribution is 0.0697. The second kappa shape index (κ2) is 7.57. The van der Waals surface area contributed by atoms with Crippen molar-refractivity contribution in [3.63, 3.8) is 0 Å². The Labute approximate surface area is 198 Å². The molecule has 0 spiro atoms. The first-order valence-electron chi connectivity index (χ1n) is 10.3. The maximum Gasteiger partial charge on any atom is 0.337 e. The highest BCUT2D eigenvalue weighted by molar-refractivity contribution is 7.15. The number of aryl methyl sites for hydroxylation is 3. The zero-order valence-electron chi connectivity index (χ0n) is 18.4. The Bertz CT molecular complexity index is 1730. The van der Waals surface area contributed by atoms with Crippen LogP contribution < -0.4 is 10.1 Å². The van der Waals surface area contributed by atoms with E-state index in [0.29, 0.717) is 15.2 Å². The SMILES string of the molecule is Cc1cc2nc3s/c(=C\c4cc(C)n(-c5ccc(Cl)c(C(=O)O)c5)c4C)c(=O)n3c2cc1C. The first kappa shape index (κ1) is 21.4. The van der Waals surface area contributed by atoms with Crippen LogP contribution in [0.1, 0.15) is 38.4 Å². The summed E-state index contributed by atoms with van der Waals surface area (Å²) in [5, 5.41) is 9.61. The number of nitrogens with zero attached hydrogens (tertiary/aromatic N) is 3. The van der Waals surface area contributed by atoms with Crippen molar-refractivity contribution in [1.82, 2.24) is 14.0 Å². The van der Waals surface area contributed by atoms with E-state index < -0.39 is 5.97 Å². The van der Waals surface area contributed by atoms with Crippen molar-refractivity contribution < 1.29 is 9.90 Å². The zero-order valence-corrected chi connectivity index (χ0v) is 20.0. The molecule has 8 heteroatoms. The number of carbonyl (C=O) groups is 1. The quantitative estimate of drug-likeness (QED) is 0.403. The number of hydrogen-bond acceptors (Lipinski definition) is 4. The molecule has 3 aromatic heterocycles. The third kappa shape index (κ3) is 3.35. The van der Waals surface area contributed by atoms with Gasteiger partial charge in [-0.1, -0.05) is 22.9 Å². The molecule has 2 aromatic carbocycles. The van der Waals surface area contributed by atoms with Crippen LogP contribution in [0.3, 0.4) is 0 Å². The predicted octanol–water partition coefficient (Wildman–Crippen LogP) is 4.83. The van der Waals surface area contributed by atoms with Crippen LogP contribution >= 0.6 is 22.9 Å². The van der Waals surface area contributed by atoms with Gasteiger partial charge in [-0.05, 0) is 86.9 Å². The fraction of sp³-hybridized carbons (Fsp3) is 0.160. The Morgan fingerprint density at radius 1 is 1.09 bits per heavy atom. The van der Waals surface area contributed by atoms with Gasteiger partial charge in [0.1, 0.15) is 0 Å². The lowest BCUT2D eigenvalue weighted by Crippen LogP contribution is -2.22. The molecule has 1 N–H and O–H groups in total. The minimum absolute atomic E-state index is 0.0472. The number of rotatable bonds is 3. The van der Waals surface area contributed by atoms with Crippen molar-refractivity contribution in [3.8, 4) is 5.69 Å². The number of thiazole rings is 1. The molecule has 5 rings (SSSR count). The van der Waals surface area contributed by atoms with Gasteiger partial charge in [0, 0.05) is 17.1 Å². The molecule has 0 saturated heterocycles. The Morgan fingerprint density at radius 3 is 2.55 bits per heavy atom. The van der Waals surface area contributed by atoms with Crippen molar-refractivity contribution >= 4 is 51.0 Å². The number of benzene rings is 2. The lowest BCUT2D eigenvalue weighted by Gasteiger charge is -2.11. The molecule has 6 nitrogen and oxygen atoms in total. The number of fused-ring (bicyclic) bond motifs is 3. The van der Waals surface area contributed by atoms with E-state index in [1.807, 2.05) is 56.5 Å². The third-order valence-corrected chi connectivity index (χ3v) is 7.35. The van der Waals surface area contributed by atoms with Crippen molar-refractivity contribution in [2.24, 2.45) is 0 Å². The highest BCUT2D eigenvalue weighted by atomic mass is 35.5. The van der Waals surface area contributed by atoms with Gasteiger partial charge in [0.05, 0.1) is 26.2 Å². The molecule has 166 valence electrons. The smallest absolute Gasteiger partial charge is 0.337 e. The molecular weight excluding hydrogens is 458 g/mol. The Balaban J connectivity index is 1.68. The average Bonchev–Trinajstić information content (AvgIpc) is 3.34.